The zero-order chi connectivity index (χ0) is 11.4. The van der Waals surface area contributed by atoms with Crippen molar-refractivity contribution in [1.82, 2.24) is 4.90 Å². The summed E-state index contributed by atoms with van der Waals surface area (Å²) in [7, 11) is 1.84. The monoisotopic (exact) mass is 201 g/mol. The molecule has 1 rings (SSSR count). The van der Waals surface area contributed by atoms with Crippen molar-refractivity contribution >= 4 is 11.9 Å². The summed E-state index contributed by atoms with van der Waals surface area (Å²) in [5, 5.41) is 8.25. The van der Waals surface area contributed by atoms with E-state index in [1.165, 1.54) is 0 Å². The summed E-state index contributed by atoms with van der Waals surface area (Å²) in [6.45, 7) is 5.94. The highest BCUT2D eigenvalue weighted by Gasteiger charge is 2.18. The lowest BCUT2D eigenvalue weighted by Gasteiger charge is -2.08. The van der Waals surface area contributed by atoms with E-state index >= 15 is 0 Å². The van der Waals surface area contributed by atoms with Gasteiger partial charge in [0.2, 0.25) is 5.91 Å². The van der Waals surface area contributed by atoms with E-state index in [1.807, 2.05) is 7.05 Å². The average Bonchev–Trinajstić information content (AvgIpc) is 2.35. The molecule has 82 valence electrons. The highest BCUT2D eigenvalue weighted by molar-refractivity contribution is 5.77. The molecule has 1 fully saturated rings. The number of amides is 1. The van der Waals surface area contributed by atoms with Crippen LogP contribution in [0.25, 0.3) is 0 Å². The number of hydrogen-bond donors (Lipinski definition) is 1. The molecule has 0 aromatic carbocycles. The molecule has 0 spiro atoms. The number of rotatable bonds is 0. The van der Waals surface area contributed by atoms with Crippen molar-refractivity contribution in [3.63, 3.8) is 0 Å². The van der Waals surface area contributed by atoms with Gasteiger partial charge in [-0.2, -0.15) is 0 Å². The lowest BCUT2D eigenvalue weighted by Crippen LogP contribution is -2.18. The summed E-state index contributed by atoms with van der Waals surface area (Å²) in [4.78, 5) is 22.3. The van der Waals surface area contributed by atoms with Gasteiger partial charge in [0, 0.05) is 20.0 Å². The van der Waals surface area contributed by atoms with Gasteiger partial charge in [0.05, 0.1) is 5.41 Å². The Kier molecular flexibility index (Phi) is 4.60. The fourth-order valence-electron chi connectivity index (χ4n) is 0.783. The number of carbonyl (C=O) groups excluding carboxylic acids is 1. The Hall–Kier alpha value is -1.06. The summed E-state index contributed by atoms with van der Waals surface area (Å²) < 4.78 is 0. The van der Waals surface area contributed by atoms with Crippen LogP contribution in [0.15, 0.2) is 0 Å². The van der Waals surface area contributed by atoms with Crippen LogP contribution < -0.4 is 0 Å². The average molecular weight is 201 g/mol. The van der Waals surface area contributed by atoms with E-state index in [2.05, 4.69) is 0 Å². The van der Waals surface area contributed by atoms with E-state index in [1.54, 1.807) is 25.7 Å². The van der Waals surface area contributed by atoms with Gasteiger partial charge >= 0.3 is 5.97 Å². The third-order valence-corrected chi connectivity index (χ3v) is 1.95. The molecule has 0 unspecified atom stereocenters. The smallest absolute Gasteiger partial charge is 0.308 e. The normalized spacial score (nSPS) is 16.3. The molecule has 14 heavy (non-hydrogen) atoms. The van der Waals surface area contributed by atoms with E-state index in [-0.39, 0.29) is 0 Å². The summed E-state index contributed by atoms with van der Waals surface area (Å²) in [6.07, 6.45) is 1.81. The van der Waals surface area contributed by atoms with E-state index in [4.69, 9.17) is 5.11 Å². The van der Waals surface area contributed by atoms with Crippen LogP contribution in [-0.2, 0) is 9.59 Å². The number of hydrogen-bond acceptors (Lipinski definition) is 2. The Bertz CT molecular complexity index is 216. The minimum absolute atomic E-state index is 0.292. The molecule has 1 saturated heterocycles. The molecule has 1 heterocycles. The second-order valence-electron chi connectivity index (χ2n) is 4.47. The molecule has 1 aliphatic heterocycles. The van der Waals surface area contributed by atoms with Gasteiger partial charge in [0.15, 0.2) is 0 Å². The first-order chi connectivity index (χ1) is 6.25. The molecule has 1 amide bonds. The molecule has 0 aromatic rings. The Morgan fingerprint density at radius 3 is 1.93 bits per heavy atom. The number of aliphatic carboxylic acids is 1. The van der Waals surface area contributed by atoms with Crippen molar-refractivity contribution in [3.8, 4) is 0 Å². The molecule has 4 heteroatoms. The minimum atomic E-state index is -0.757. The van der Waals surface area contributed by atoms with Crippen molar-refractivity contribution in [2.24, 2.45) is 5.41 Å². The van der Waals surface area contributed by atoms with Crippen LogP contribution in [0, 0.1) is 5.41 Å². The molecule has 1 N–H and O–H groups in total. The van der Waals surface area contributed by atoms with Gasteiger partial charge in [-0.3, -0.25) is 9.59 Å². The number of carboxylic acids is 1. The molecule has 0 bridgehead atoms. The maximum absolute atomic E-state index is 10.5. The third-order valence-electron chi connectivity index (χ3n) is 1.95. The molecular weight excluding hydrogens is 182 g/mol. The van der Waals surface area contributed by atoms with Crippen LogP contribution in [0.4, 0.5) is 0 Å². The first-order valence-electron chi connectivity index (χ1n) is 4.72. The standard InChI is InChI=1S/C5H9NO.C5H10O2/c1-6-4-2-3-5(6)7;1-5(2,3)4(6)7/h2-4H2,1H3;1-3H3,(H,6,7). The Morgan fingerprint density at radius 1 is 1.43 bits per heavy atom. The van der Waals surface area contributed by atoms with Crippen LogP contribution >= 0.6 is 0 Å². The fourth-order valence-corrected chi connectivity index (χ4v) is 0.783. The topological polar surface area (TPSA) is 57.6 Å². The van der Waals surface area contributed by atoms with Gasteiger partial charge < -0.3 is 10.0 Å². The van der Waals surface area contributed by atoms with Gasteiger partial charge in [-0.1, -0.05) is 0 Å². The Morgan fingerprint density at radius 2 is 1.86 bits per heavy atom. The number of carboxylic acid groups (broad SMARTS) is 1. The van der Waals surface area contributed by atoms with Crippen LogP contribution in [0.3, 0.4) is 0 Å². The highest BCUT2D eigenvalue weighted by atomic mass is 16.4. The fraction of sp³-hybridized carbons (Fsp3) is 0.800. The molecular formula is C10H19NO3. The largest absolute Gasteiger partial charge is 0.481 e. The zero-order valence-electron chi connectivity index (χ0n) is 9.33. The maximum atomic E-state index is 10.5. The van der Waals surface area contributed by atoms with E-state index < -0.39 is 11.4 Å². The summed E-state index contributed by atoms with van der Waals surface area (Å²) in [5.74, 6) is -0.465. The Balaban J connectivity index is 0.000000241. The number of carbonyl (C=O) groups is 2. The summed E-state index contributed by atoms with van der Waals surface area (Å²) >= 11 is 0. The van der Waals surface area contributed by atoms with Gasteiger partial charge in [-0.15, -0.1) is 0 Å². The zero-order valence-corrected chi connectivity index (χ0v) is 9.33. The van der Waals surface area contributed by atoms with E-state index in [0.29, 0.717) is 5.91 Å². The molecule has 0 radical (unpaired) electrons. The van der Waals surface area contributed by atoms with Crippen molar-refractivity contribution in [2.75, 3.05) is 13.6 Å². The second kappa shape index (κ2) is 4.98. The second-order valence-corrected chi connectivity index (χ2v) is 4.47. The van der Waals surface area contributed by atoms with E-state index in [0.717, 1.165) is 19.4 Å². The maximum Gasteiger partial charge on any atom is 0.308 e. The lowest BCUT2D eigenvalue weighted by molar-refractivity contribution is -0.145. The van der Waals surface area contributed by atoms with Crippen LogP contribution in [0.1, 0.15) is 33.6 Å². The third kappa shape index (κ3) is 4.84. The van der Waals surface area contributed by atoms with E-state index in [9.17, 15) is 9.59 Å². The number of likely N-dealkylation sites (tertiary alicyclic amines) is 1. The van der Waals surface area contributed by atoms with Crippen molar-refractivity contribution in [3.05, 3.63) is 0 Å². The van der Waals surface area contributed by atoms with Crippen LogP contribution in [0.2, 0.25) is 0 Å². The van der Waals surface area contributed by atoms with Gasteiger partial charge in [0.1, 0.15) is 0 Å². The first-order valence-corrected chi connectivity index (χ1v) is 4.72. The SMILES string of the molecule is CC(C)(C)C(=O)O.CN1CCCC1=O. The van der Waals surface area contributed by atoms with Crippen molar-refractivity contribution in [2.45, 2.75) is 33.6 Å². The quantitative estimate of drug-likeness (QED) is 0.643. The molecule has 0 saturated carbocycles. The molecule has 0 atom stereocenters. The number of nitrogens with zero attached hydrogens (tertiary/aromatic N) is 1. The van der Waals surface area contributed by atoms with Crippen molar-refractivity contribution < 1.29 is 14.7 Å². The Labute approximate surface area is 84.9 Å². The van der Waals surface area contributed by atoms with Crippen molar-refractivity contribution in [1.29, 1.82) is 0 Å². The molecule has 0 aromatic heterocycles. The predicted molar refractivity (Wildman–Crippen MR) is 54.0 cm³/mol. The van der Waals surface area contributed by atoms with Gasteiger partial charge in [-0.05, 0) is 27.2 Å². The molecule has 0 aliphatic carbocycles. The highest BCUT2D eigenvalue weighted by Crippen LogP contribution is 2.11. The molecule has 1 aliphatic rings. The van der Waals surface area contributed by atoms with Crippen LogP contribution in [-0.4, -0.2) is 35.5 Å². The van der Waals surface area contributed by atoms with Gasteiger partial charge in [-0.25, -0.2) is 0 Å². The lowest BCUT2D eigenvalue weighted by atomic mass is 9.98. The van der Waals surface area contributed by atoms with Gasteiger partial charge in [0.25, 0.3) is 0 Å². The minimum Gasteiger partial charge on any atom is -0.481 e. The summed E-state index contributed by atoms with van der Waals surface area (Å²) in [5.41, 5.74) is -0.583. The van der Waals surface area contributed by atoms with Crippen LogP contribution in [0.5, 0.6) is 0 Å². The predicted octanol–water partition coefficient (Wildman–Crippen LogP) is 1.36. The summed E-state index contributed by atoms with van der Waals surface area (Å²) in [6, 6.07) is 0. The first kappa shape index (κ1) is 12.9. The molecule has 4 nitrogen and oxygen atoms in total.